The molecule has 0 aromatic heterocycles. The molecule has 40 heavy (non-hydrogen) atoms. The van der Waals surface area contributed by atoms with E-state index in [4.69, 9.17) is 0 Å². The molecule has 0 fully saturated rings. The van der Waals surface area contributed by atoms with Gasteiger partial charge in [0.25, 0.3) is 8.24 Å². The second kappa shape index (κ2) is 8.04. The number of rotatable bonds is 1. The Balaban J connectivity index is 1.60. The van der Waals surface area contributed by atoms with E-state index in [1.54, 1.807) is 0 Å². The molecule has 0 radical (unpaired) electrons. The van der Waals surface area contributed by atoms with Gasteiger partial charge < -0.3 is 4.57 Å². The third-order valence-electron chi connectivity index (χ3n) is 8.99. The van der Waals surface area contributed by atoms with Crippen molar-refractivity contribution in [3.05, 3.63) is 152 Å². The summed E-state index contributed by atoms with van der Waals surface area (Å²) in [5.41, 5.74) is 8.00. The lowest BCUT2D eigenvalue weighted by Crippen LogP contribution is -2.79. The molecule has 2 aliphatic rings. The first-order valence-electron chi connectivity index (χ1n) is 14.0. The lowest BCUT2D eigenvalue weighted by Gasteiger charge is -2.53. The zero-order valence-electron chi connectivity index (χ0n) is 21.9. The first-order valence-corrected chi connectivity index (χ1v) is 15.9. The highest BCUT2D eigenvalue weighted by Crippen LogP contribution is 2.53. The Morgan fingerprint density at radius 2 is 0.800 bits per heavy atom. The monoisotopic (exact) mass is 523 g/mol. The van der Waals surface area contributed by atoms with Crippen LogP contribution in [0.2, 0.25) is 0 Å². The fraction of sp³-hybridized carbons (Fsp3) is 0. The van der Waals surface area contributed by atoms with Gasteiger partial charge in [-0.1, -0.05) is 152 Å². The Morgan fingerprint density at radius 3 is 1.35 bits per heavy atom. The predicted octanol–water partition coefficient (Wildman–Crippen LogP) is 7.76. The van der Waals surface area contributed by atoms with Crippen LogP contribution in [-0.4, -0.2) is 8.24 Å². The largest absolute Gasteiger partial charge is 0.354 e. The molecule has 0 saturated heterocycles. The number of hydrogen-bond acceptors (Lipinski definition) is 1. The average Bonchev–Trinajstić information content (AvgIpc) is 3.04. The van der Waals surface area contributed by atoms with E-state index in [0.717, 1.165) is 0 Å². The molecule has 9 rings (SSSR count). The Kier molecular flexibility index (Phi) is 4.41. The molecule has 0 N–H and O–H groups in total. The van der Waals surface area contributed by atoms with Crippen LogP contribution >= 0.6 is 0 Å². The van der Waals surface area contributed by atoms with E-state index in [-0.39, 0.29) is 0 Å². The molecule has 1 nitrogen and oxygen atoms in total. The van der Waals surface area contributed by atoms with Crippen LogP contribution in [0.5, 0.6) is 0 Å². The average molecular weight is 524 g/mol. The lowest BCUT2D eigenvalue weighted by atomic mass is 9.94. The summed E-state index contributed by atoms with van der Waals surface area (Å²) < 4.78 is 2.84. The van der Waals surface area contributed by atoms with Gasteiger partial charge in [-0.25, -0.2) is 0 Å². The van der Waals surface area contributed by atoms with Gasteiger partial charge in [0, 0.05) is 33.3 Å². The van der Waals surface area contributed by atoms with Crippen LogP contribution < -0.4 is 20.1 Å². The molecule has 2 aliphatic heterocycles. The predicted molar refractivity (Wildman–Crippen MR) is 172 cm³/mol. The van der Waals surface area contributed by atoms with Gasteiger partial charge in [0.1, 0.15) is 0 Å². The SMILES string of the molecule is c1ccc([Si]23c4ccccc4-c4ccc5ccccc5c4N2c2c(ccc4ccccc24)-c2ccccc23)cc1. The van der Waals surface area contributed by atoms with Crippen molar-refractivity contribution >= 4 is 56.7 Å². The van der Waals surface area contributed by atoms with E-state index >= 15 is 0 Å². The van der Waals surface area contributed by atoms with E-state index < -0.39 is 8.24 Å². The van der Waals surface area contributed by atoms with Crippen molar-refractivity contribution in [3.63, 3.8) is 0 Å². The molecule has 2 heteroatoms. The highest BCUT2D eigenvalue weighted by molar-refractivity contribution is 7.16. The van der Waals surface area contributed by atoms with Gasteiger partial charge in [0.05, 0.1) is 0 Å². The first-order chi connectivity index (χ1) is 19.9. The number of anilines is 2. The molecular formula is C38H25NSi. The zero-order chi connectivity index (χ0) is 26.3. The summed E-state index contributed by atoms with van der Waals surface area (Å²) in [6.07, 6.45) is 0. The summed E-state index contributed by atoms with van der Waals surface area (Å²) in [5.74, 6) is 0. The van der Waals surface area contributed by atoms with E-state index in [1.165, 1.54) is 70.7 Å². The summed E-state index contributed by atoms with van der Waals surface area (Å²) in [5, 5.41) is 9.48. The van der Waals surface area contributed by atoms with Gasteiger partial charge >= 0.3 is 0 Å². The fourth-order valence-electron chi connectivity index (χ4n) is 7.45. The molecule has 0 aliphatic carbocycles. The Hall–Kier alpha value is -4.92. The summed E-state index contributed by atoms with van der Waals surface area (Å²) in [6, 6.07) is 56.9. The zero-order valence-corrected chi connectivity index (χ0v) is 22.9. The van der Waals surface area contributed by atoms with Crippen molar-refractivity contribution in [2.24, 2.45) is 0 Å². The molecule has 7 aromatic carbocycles. The molecule has 0 atom stereocenters. The van der Waals surface area contributed by atoms with Gasteiger partial charge in [-0.3, -0.25) is 0 Å². The highest BCUT2D eigenvalue weighted by Gasteiger charge is 2.55. The van der Waals surface area contributed by atoms with Crippen molar-refractivity contribution < 1.29 is 0 Å². The minimum atomic E-state index is -2.82. The van der Waals surface area contributed by atoms with Gasteiger partial charge in [-0.15, -0.1) is 0 Å². The van der Waals surface area contributed by atoms with Crippen LogP contribution in [0, 0.1) is 0 Å². The third kappa shape index (κ3) is 2.66. The molecule has 2 heterocycles. The second-order valence-corrected chi connectivity index (χ2v) is 14.4. The topological polar surface area (TPSA) is 3.24 Å². The van der Waals surface area contributed by atoms with Crippen molar-refractivity contribution in [2.75, 3.05) is 4.57 Å². The normalized spacial score (nSPS) is 14.2. The summed E-state index contributed by atoms with van der Waals surface area (Å²) >= 11 is 0. The molecule has 7 aromatic rings. The van der Waals surface area contributed by atoms with Crippen LogP contribution in [0.1, 0.15) is 0 Å². The summed E-state index contributed by atoms with van der Waals surface area (Å²) in [4.78, 5) is 0. The summed E-state index contributed by atoms with van der Waals surface area (Å²) in [6.45, 7) is 0. The number of benzene rings is 7. The molecule has 0 saturated carbocycles. The molecule has 0 spiro atoms. The third-order valence-corrected chi connectivity index (χ3v) is 13.7. The summed E-state index contributed by atoms with van der Waals surface area (Å²) in [7, 11) is -2.82. The van der Waals surface area contributed by atoms with E-state index in [2.05, 4.69) is 156 Å². The lowest BCUT2D eigenvalue weighted by molar-refractivity contribution is 1.35. The Bertz CT molecular complexity index is 2000. The maximum absolute atomic E-state index is 2.84. The number of fused-ring (bicyclic) bond motifs is 15. The molecule has 186 valence electrons. The van der Waals surface area contributed by atoms with Crippen molar-refractivity contribution in [1.82, 2.24) is 0 Å². The van der Waals surface area contributed by atoms with Gasteiger partial charge in [0.15, 0.2) is 0 Å². The molecule has 0 unspecified atom stereocenters. The molecule has 0 amide bonds. The van der Waals surface area contributed by atoms with Crippen LogP contribution in [0.25, 0.3) is 43.8 Å². The van der Waals surface area contributed by atoms with Crippen molar-refractivity contribution in [2.45, 2.75) is 0 Å². The Labute approximate surface area is 234 Å². The maximum Gasteiger partial charge on any atom is 0.258 e. The van der Waals surface area contributed by atoms with Gasteiger partial charge in [0.2, 0.25) is 0 Å². The molecular weight excluding hydrogens is 499 g/mol. The first kappa shape index (κ1) is 22.0. The minimum Gasteiger partial charge on any atom is -0.354 e. The standard InChI is InChI=1S/C38H25NSi/c1-2-14-28(15-3-1)40-35-20-10-8-18-31(35)33-24-22-26-12-4-6-16-29(26)37(33)39(40)38-30-17-7-5-13-27(30)23-25-34(38)32-19-9-11-21-36(32)40/h1-25H. The quantitative estimate of drug-likeness (QED) is 0.199. The number of nitrogens with zero attached hydrogens (tertiary/aromatic N) is 1. The second-order valence-electron chi connectivity index (χ2n) is 10.9. The van der Waals surface area contributed by atoms with Crippen LogP contribution in [0.15, 0.2) is 152 Å². The van der Waals surface area contributed by atoms with Crippen molar-refractivity contribution in [1.29, 1.82) is 0 Å². The fourth-order valence-corrected chi connectivity index (χ4v) is 12.8. The van der Waals surface area contributed by atoms with Gasteiger partial charge in [-0.05, 0) is 37.5 Å². The highest BCUT2D eigenvalue weighted by atomic mass is 28.3. The van der Waals surface area contributed by atoms with Gasteiger partial charge in [-0.2, -0.15) is 0 Å². The van der Waals surface area contributed by atoms with Crippen molar-refractivity contribution in [3.8, 4) is 22.3 Å². The van der Waals surface area contributed by atoms with E-state index in [0.29, 0.717) is 0 Å². The van der Waals surface area contributed by atoms with Crippen LogP contribution in [0.4, 0.5) is 11.4 Å². The molecule has 0 bridgehead atoms. The minimum absolute atomic E-state index is 1.28. The van der Waals surface area contributed by atoms with Crippen LogP contribution in [-0.2, 0) is 0 Å². The Morgan fingerprint density at radius 1 is 0.350 bits per heavy atom. The van der Waals surface area contributed by atoms with E-state index in [9.17, 15) is 0 Å². The maximum atomic E-state index is 2.84. The van der Waals surface area contributed by atoms with E-state index in [1.807, 2.05) is 0 Å². The number of hydrogen-bond donors (Lipinski definition) is 0. The smallest absolute Gasteiger partial charge is 0.258 e. The van der Waals surface area contributed by atoms with Crippen LogP contribution in [0.3, 0.4) is 0 Å².